The van der Waals surface area contributed by atoms with Crippen molar-refractivity contribution >= 4 is 0 Å². The molecule has 0 aromatic heterocycles. The monoisotopic (exact) mass is 137 g/mol. The third kappa shape index (κ3) is 4.14. The first-order chi connectivity index (χ1) is 4.85. The van der Waals surface area contributed by atoms with E-state index in [1.807, 2.05) is 6.08 Å². The third-order valence-corrected chi connectivity index (χ3v) is 1.58. The topological polar surface area (TPSA) is 23.8 Å². The Hall–Kier alpha value is -0.770. The van der Waals surface area contributed by atoms with E-state index in [9.17, 15) is 0 Å². The van der Waals surface area contributed by atoms with Gasteiger partial charge in [0.25, 0.3) is 0 Å². The molecule has 0 saturated carbocycles. The van der Waals surface area contributed by atoms with Crippen molar-refractivity contribution in [1.29, 1.82) is 5.26 Å². The molecule has 10 heavy (non-hydrogen) atoms. The van der Waals surface area contributed by atoms with Crippen molar-refractivity contribution in [3.8, 4) is 6.07 Å². The Bertz CT molecular complexity index is 121. The molecule has 0 aliphatic carbocycles. The molecule has 0 amide bonds. The summed E-state index contributed by atoms with van der Waals surface area (Å²) in [6.07, 6.45) is 5.89. The molecule has 0 aliphatic rings. The predicted molar refractivity (Wildman–Crippen MR) is 43.4 cm³/mol. The van der Waals surface area contributed by atoms with Crippen molar-refractivity contribution < 1.29 is 0 Å². The second-order valence-corrected chi connectivity index (χ2v) is 2.54. The summed E-state index contributed by atoms with van der Waals surface area (Å²) in [7, 11) is 0. The fraction of sp³-hybridized carbons (Fsp3) is 0.667. The molecule has 0 radical (unpaired) electrons. The number of rotatable bonds is 5. The molecule has 0 rings (SSSR count). The van der Waals surface area contributed by atoms with Crippen LogP contribution >= 0.6 is 0 Å². The second-order valence-electron chi connectivity index (χ2n) is 2.54. The maximum Gasteiger partial charge on any atom is 0.0624 e. The molecule has 0 N–H and O–H groups in total. The Morgan fingerprint density at radius 2 is 2.40 bits per heavy atom. The van der Waals surface area contributed by atoms with E-state index in [-0.39, 0.29) is 0 Å². The minimum Gasteiger partial charge on any atom is -0.198 e. The summed E-state index contributed by atoms with van der Waals surface area (Å²) < 4.78 is 0. The van der Waals surface area contributed by atoms with Crippen molar-refractivity contribution in [2.75, 3.05) is 0 Å². The second kappa shape index (κ2) is 6.35. The number of hydrogen-bond donors (Lipinski definition) is 0. The van der Waals surface area contributed by atoms with E-state index in [1.165, 1.54) is 6.42 Å². The van der Waals surface area contributed by atoms with Gasteiger partial charge in [0.05, 0.1) is 6.07 Å². The normalized spacial score (nSPS) is 12.0. The fourth-order valence-corrected chi connectivity index (χ4v) is 1.08. The number of nitrogens with zero attached hydrogens (tertiary/aromatic N) is 1. The molecule has 1 unspecified atom stereocenters. The molecule has 0 aromatic carbocycles. The first kappa shape index (κ1) is 9.23. The highest BCUT2D eigenvalue weighted by molar-refractivity contribution is 4.80. The molecule has 56 valence electrons. The van der Waals surface area contributed by atoms with Gasteiger partial charge in [0, 0.05) is 6.42 Å². The Morgan fingerprint density at radius 3 is 2.80 bits per heavy atom. The van der Waals surface area contributed by atoms with Gasteiger partial charge in [0.2, 0.25) is 0 Å². The van der Waals surface area contributed by atoms with Crippen LogP contribution in [0.3, 0.4) is 0 Å². The summed E-state index contributed by atoms with van der Waals surface area (Å²) in [5, 5.41) is 8.41. The lowest BCUT2D eigenvalue weighted by Crippen LogP contribution is -1.96. The Labute approximate surface area is 63.4 Å². The molecule has 1 atom stereocenters. The smallest absolute Gasteiger partial charge is 0.0624 e. The first-order valence-corrected chi connectivity index (χ1v) is 3.83. The molecular weight excluding hydrogens is 122 g/mol. The number of nitriles is 1. The van der Waals surface area contributed by atoms with Crippen LogP contribution in [0, 0.1) is 17.2 Å². The molecule has 0 bridgehead atoms. The largest absolute Gasteiger partial charge is 0.198 e. The van der Waals surface area contributed by atoms with Gasteiger partial charge >= 0.3 is 0 Å². The van der Waals surface area contributed by atoms with E-state index < -0.39 is 0 Å². The summed E-state index contributed by atoms with van der Waals surface area (Å²) in [4.78, 5) is 0. The lowest BCUT2D eigenvalue weighted by molar-refractivity contribution is 0.496. The van der Waals surface area contributed by atoms with Gasteiger partial charge in [-0.2, -0.15) is 5.26 Å². The van der Waals surface area contributed by atoms with Crippen LogP contribution in [0.1, 0.15) is 32.6 Å². The van der Waals surface area contributed by atoms with Crippen molar-refractivity contribution in [3.05, 3.63) is 12.7 Å². The van der Waals surface area contributed by atoms with Gasteiger partial charge in [-0.05, 0) is 18.8 Å². The van der Waals surface area contributed by atoms with Crippen molar-refractivity contribution in [1.82, 2.24) is 0 Å². The Balaban J connectivity index is 3.51. The van der Waals surface area contributed by atoms with Gasteiger partial charge in [-0.25, -0.2) is 0 Å². The van der Waals surface area contributed by atoms with Crippen LogP contribution in [0.25, 0.3) is 0 Å². The van der Waals surface area contributed by atoms with Crippen LogP contribution in [-0.4, -0.2) is 0 Å². The van der Waals surface area contributed by atoms with E-state index in [0.717, 1.165) is 12.8 Å². The quantitative estimate of drug-likeness (QED) is 0.534. The van der Waals surface area contributed by atoms with Crippen LogP contribution in [0.5, 0.6) is 0 Å². The minimum absolute atomic E-state index is 0.549. The van der Waals surface area contributed by atoms with Crippen molar-refractivity contribution in [2.24, 2.45) is 5.92 Å². The predicted octanol–water partition coefficient (Wildman–Crippen LogP) is 2.89. The maximum absolute atomic E-state index is 8.41. The van der Waals surface area contributed by atoms with Gasteiger partial charge in [0.1, 0.15) is 0 Å². The van der Waals surface area contributed by atoms with Crippen LogP contribution in [0.15, 0.2) is 12.7 Å². The lowest BCUT2D eigenvalue weighted by atomic mass is 9.97. The van der Waals surface area contributed by atoms with Crippen LogP contribution < -0.4 is 0 Å². The summed E-state index contributed by atoms with van der Waals surface area (Å²) in [5.41, 5.74) is 0. The van der Waals surface area contributed by atoms with Crippen molar-refractivity contribution in [2.45, 2.75) is 32.6 Å². The van der Waals surface area contributed by atoms with Gasteiger partial charge in [0.15, 0.2) is 0 Å². The van der Waals surface area contributed by atoms with E-state index in [0.29, 0.717) is 12.3 Å². The Kier molecular flexibility index (Phi) is 5.86. The molecule has 0 aromatic rings. The molecular formula is C9H15N. The van der Waals surface area contributed by atoms with Crippen LogP contribution in [0.2, 0.25) is 0 Å². The fourth-order valence-electron chi connectivity index (χ4n) is 1.08. The molecule has 0 aliphatic heterocycles. The molecule has 0 spiro atoms. The Morgan fingerprint density at radius 1 is 1.70 bits per heavy atom. The standard InChI is InChI=1S/C9H15N/c1-3-5-9(6-4-2)7-8-10/h3,9H,1,4-7H2,2H3. The average molecular weight is 137 g/mol. The lowest BCUT2D eigenvalue weighted by Gasteiger charge is -2.07. The first-order valence-electron chi connectivity index (χ1n) is 3.83. The average Bonchev–Trinajstić information content (AvgIpc) is 1.90. The van der Waals surface area contributed by atoms with Gasteiger partial charge in [-0.3, -0.25) is 0 Å². The summed E-state index contributed by atoms with van der Waals surface area (Å²) in [6.45, 7) is 5.80. The van der Waals surface area contributed by atoms with E-state index in [1.54, 1.807) is 0 Å². The maximum atomic E-state index is 8.41. The molecule has 1 heteroatoms. The molecule has 0 heterocycles. The van der Waals surface area contributed by atoms with Gasteiger partial charge in [-0.1, -0.05) is 19.4 Å². The number of allylic oxidation sites excluding steroid dienone is 1. The van der Waals surface area contributed by atoms with Gasteiger partial charge in [-0.15, -0.1) is 6.58 Å². The van der Waals surface area contributed by atoms with Crippen LogP contribution in [-0.2, 0) is 0 Å². The molecule has 1 nitrogen and oxygen atoms in total. The van der Waals surface area contributed by atoms with E-state index in [4.69, 9.17) is 5.26 Å². The highest BCUT2D eigenvalue weighted by Gasteiger charge is 2.03. The zero-order chi connectivity index (χ0) is 7.82. The van der Waals surface area contributed by atoms with Gasteiger partial charge < -0.3 is 0 Å². The van der Waals surface area contributed by atoms with Crippen molar-refractivity contribution in [3.63, 3.8) is 0 Å². The number of hydrogen-bond acceptors (Lipinski definition) is 1. The van der Waals surface area contributed by atoms with E-state index in [2.05, 4.69) is 19.6 Å². The summed E-state index contributed by atoms with van der Waals surface area (Å²) in [6, 6.07) is 2.19. The summed E-state index contributed by atoms with van der Waals surface area (Å²) in [5.74, 6) is 0.549. The summed E-state index contributed by atoms with van der Waals surface area (Å²) >= 11 is 0. The highest BCUT2D eigenvalue weighted by atomic mass is 14.2. The SMILES string of the molecule is C=CCC(CC#N)CCC. The zero-order valence-corrected chi connectivity index (χ0v) is 6.64. The third-order valence-electron chi connectivity index (χ3n) is 1.58. The van der Waals surface area contributed by atoms with Crippen LogP contribution in [0.4, 0.5) is 0 Å². The zero-order valence-electron chi connectivity index (χ0n) is 6.64. The molecule has 0 saturated heterocycles. The minimum atomic E-state index is 0.549. The van der Waals surface area contributed by atoms with E-state index >= 15 is 0 Å². The molecule has 0 fully saturated rings. The highest BCUT2D eigenvalue weighted by Crippen LogP contribution is 2.14.